The molecule has 0 aliphatic carbocycles. The summed E-state index contributed by atoms with van der Waals surface area (Å²) in [6, 6.07) is 0. The molecular formula is C20H33N3OS. The zero-order chi connectivity index (χ0) is 17.9. The predicted octanol–water partition coefficient (Wildman–Crippen LogP) is 4.02. The smallest absolute Gasteiger partial charge is 0.222 e. The first kappa shape index (κ1) is 18.8. The highest BCUT2D eigenvalue weighted by Gasteiger charge is 2.41. The minimum absolute atomic E-state index is 0.325. The number of aromatic nitrogens is 1. The Balaban J connectivity index is 1.66. The Morgan fingerprint density at radius 1 is 1.24 bits per heavy atom. The van der Waals surface area contributed by atoms with E-state index in [2.05, 4.69) is 30.6 Å². The van der Waals surface area contributed by atoms with E-state index in [1.54, 1.807) is 0 Å². The van der Waals surface area contributed by atoms with E-state index in [-0.39, 0.29) is 0 Å². The lowest BCUT2D eigenvalue weighted by Gasteiger charge is -2.48. The van der Waals surface area contributed by atoms with Crippen LogP contribution in [0.25, 0.3) is 0 Å². The molecule has 1 aromatic rings. The van der Waals surface area contributed by atoms with Gasteiger partial charge in [0.05, 0.1) is 10.7 Å². The van der Waals surface area contributed by atoms with Gasteiger partial charge in [0.1, 0.15) is 0 Å². The Labute approximate surface area is 156 Å². The number of hydrogen-bond donors (Lipinski definition) is 0. The van der Waals surface area contributed by atoms with E-state index in [9.17, 15) is 4.79 Å². The monoisotopic (exact) mass is 363 g/mol. The molecule has 3 rings (SSSR count). The van der Waals surface area contributed by atoms with Crippen molar-refractivity contribution >= 4 is 17.2 Å². The molecule has 2 aliphatic rings. The van der Waals surface area contributed by atoms with Gasteiger partial charge in [-0.15, -0.1) is 11.3 Å². The van der Waals surface area contributed by atoms with Crippen LogP contribution in [0.2, 0.25) is 0 Å². The third-order valence-corrected chi connectivity index (χ3v) is 6.86. The lowest BCUT2D eigenvalue weighted by molar-refractivity contribution is -0.139. The predicted molar refractivity (Wildman–Crippen MR) is 104 cm³/mol. The second kappa shape index (κ2) is 8.17. The molecule has 0 radical (unpaired) electrons. The van der Waals surface area contributed by atoms with E-state index in [0.29, 0.717) is 11.3 Å². The molecule has 0 bridgehead atoms. The summed E-state index contributed by atoms with van der Waals surface area (Å²) in [6.45, 7) is 11.8. The average molecular weight is 364 g/mol. The average Bonchev–Trinajstić information content (AvgIpc) is 2.95. The van der Waals surface area contributed by atoms with E-state index >= 15 is 0 Å². The summed E-state index contributed by atoms with van der Waals surface area (Å²) in [5, 5.41) is 1.19. The van der Waals surface area contributed by atoms with Crippen LogP contribution >= 0.6 is 11.3 Å². The summed E-state index contributed by atoms with van der Waals surface area (Å²) in [5.74, 6) is 0.377. The van der Waals surface area contributed by atoms with Crippen LogP contribution in [-0.2, 0) is 17.8 Å². The van der Waals surface area contributed by atoms with Crippen molar-refractivity contribution in [1.29, 1.82) is 0 Å². The second-order valence-corrected chi connectivity index (χ2v) is 9.23. The standard InChI is InChI=1S/C20H33N3OS/c1-4-6-12-23-15-20(10-8-19(23)24)9-7-11-22(14-20)13-18-17(5-2)21-16(3)25-18/h4-15H2,1-3H3. The highest BCUT2D eigenvalue weighted by atomic mass is 32.1. The van der Waals surface area contributed by atoms with Crippen LogP contribution in [0, 0.1) is 12.3 Å². The molecule has 1 amide bonds. The first-order valence-electron chi connectivity index (χ1n) is 10.0. The van der Waals surface area contributed by atoms with Gasteiger partial charge in [-0.05, 0) is 45.6 Å². The van der Waals surface area contributed by atoms with Crippen LogP contribution in [-0.4, -0.2) is 46.9 Å². The highest BCUT2D eigenvalue weighted by Crippen LogP contribution is 2.39. The molecule has 1 atom stereocenters. The third-order valence-electron chi connectivity index (χ3n) is 5.86. The fraction of sp³-hybridized carbons (Fsp3) is 0.800. The van der Waals surface area contributed by atoms with Crippen molar-refractivity contribution in [2.75, 3.05) is 26.2 Å². The minimum Gasteiger partial charge on any atom is -0.342 e. The van der Waals surface area contributed by atoms with E-state index < -0.39 is 0 Å². The van der Waals surface area contributed by atoms with E-state index in [0.717, 1.165) is 58.3 Å². The molecule has 25 heavy (non-hydrogen) atoms. The van der Waals surface area contributed by atoms with Crippen LogP contribution in [0.1, 0.15) is 68.0 Å². The first-order chi connectivity index (χ1) is 12.0. The van der Waals surface area contributed by atoms with Crippen molar-refractivity contribution in [2.24, 2.45) is 5.41 Å². The molecule has 2 fully saturated rings. The van der Waals surface area contributed by atoms with Gasteiger partial charge in [0, 0.05) is 42.9 Å². The van der Waals surface area contributed by atoms with Gasteiger partial charge in [0.15, 0.2) is 0 Å². The Kier molecular flexibility index (Phi) is 6.16. The Morgan fingerprint density at radius 2 is 2.08 bits per heavy atom. The number of nitrogens with zero attached hydrogens (tertiary/aromatic N) is 3. The number of unbranched alkanes of at least 4 members (excludes halogenated alkanes) is 1. The molecule has 0 N–H and O–H groups in total. The summed E-state index contributed by atoms with van der Waals surface area (Å²) in [7, 11) is 0. The zero-order valence-corrected chi connectivity index (χ0v) is 17.0. The lowest BCUT2D eigenvalue weighted by atomic mass is 9.73. The van der Waals surface area contributed by atoms with E-state index in [1.807, 2.05) is 11.3 Å². The number of aryl methyl sites for hydroxylation is 2. The van der Waals surface area contributed by atoms with Gasteiger partial charge in [-0.1, -0.05) is 20.3 Å². The van der Waals surface area contributed by atoms with Crippen molar-refractivity contribution in [3.05, 3.63) is 15.6 Å². The van der Waals surface area contributed by atoms with Crippen LogP contribution in [0.4, 0.5) is 0 Å². The number of carbonyl (C=O) groups is 1. The molecule has 4 nitrogen and oxygen atoms in total. The molecule has 140 valence electrons. The summed E-state index contributed by atoms with van der Waals surface area (Å²) in [4.78, 5) is 23.2. The fourth-order valence-electron chi connectivity index (χ4n) is 4.55. The number of thiazole rings is 1. The van der Waals surface area contributed by atoms with Crippen molar-refractivity contribution in [3.63, 3.8) is 0 Å². The summed E-state index contributed by atoms with van der Waals surface area (Å²) in [5.41, 5.74) is 1.61. The van der Waals surface area contributed by atoms with Gasteiger partial charge >= 0.3 is 0 Å². The van der Waals surface area contributed by atoms with Crippen molar-refractivity contribution < 1.29 is 4.79 Å². The number of rotatable bonds is 6. The quantitative estimate of drug-likeness (QED) is 0.766. The Hall–Kier alpha value is -0.940. The maximum atomic E-state index is 12.3. The summed E-state index contributed by atoms with van der Waals surface area (Å²) in [6.07, 6.45) is 7.68. The Bertz CT molecular complexity index is 600. The van der Waals surface area contributed by atoms with Gasteiger partial charge in [-0.3, -0.25) is 9.69 Å². The van der Waals surface area contributed by atoms with Crippen molar-refractivity contribution in [2.45, 2.75) is 72.3 Å². The molecule has 2 saturated heterocycles. The number of carbonyl (C=O) groups excluding carboxylic acids is 1. The van der Waals surface area contributed by atoms with E-state index in [1.165, 1.54) is 35.0 Å². The van der Waals surface area contributed by atoms with Crippen molar-refractivity contribution in [1.82, 2.24) is 14.8 Å². The lowest BCUT2D eigenvalue weighted by Crippen LogP contribution is -2.53. The van der Waals surface area contributed by atoms with Crippen LogP contribution in [0.5, 0.6) is 0 Å². The third kappa shape index (κ3) is 4.43. The minimum atomic E-state index is 0.325. The van der Waals surface area contributed by atoms with Crippen LogP contribution in [0.3, 0.4) is 0 Å². The first-order valence-corrected chi connectivity index (χ1v) is 10.8. The fourth-order valence-corrected chi connectivity index (χ4v) is 5.62. The summed E-state index contributed by atoms with van der Waals surface area (Å²) < 4.78 is 0. The van der Waals surface area contributed by atoms with Gasteiger partial charge in [-0.2, -0.15) is 0 Å². The van der Waals surface area contributed by atoms with Gasteiger partial charge in [-0.25, -0.2) is 4.98 Å². The maximum absolute atomic E-state index is 12.3. The normalized spacial score (nSPS) is 25.1. The molecule has 0 aromatic carbocycles. The van der Waals surface area contributed by atoms with Gasteiger partial charge in [0.2, 0.25) is 5.91 Å². The molecule has 1 spiro atoms. The Morgan fingerprint density at radius 3 is 2.84 bits per heavy atom. The van der Waals surface area contributed by atoms with Gasteiger partial charge in [0.25, 0.3) is 0 Å². The second-order valence-electron chi connectivity index (χ2n) is 7.94. The molecule has 5 heteroatoms. The molecule has 1 aromatic heterocycles. The highest BCUT2D eigenvalue weighted by molar-refractivity contribution is 7.11. The van der Waals surface area contributed by atoms with Crippen LogP contribution in [0.15, 0.2) is 0 Å². The topological polar surface area (TPSA) is 36.4 Å². The number of hydrogen-bond acceptors (Lipinski definition) is 4. The maximum Gasteiger partial charge on any atom is 0.222 e. The van der Waals surface area contributed by atoms with Crippen molar-refractivity contribution in [3.8, 4) is 0 Å². The molecule has 0 saturated carbocycles. The largest absolute Gasteiger partial charge is 0.342 e. The van der Waals surface area contributed by atoms with Crippen LogP contribution < -0.4 is 0 Å². The molecule has 1 unspecified atom stereocenters. The zero-order valence-electron chi connectivity index (χ0n) is 16.1. The number of likely N-dealkylation sites (tertiary alicyclic amines) is 2. The molecule has 2 aliphatic heterocycles. The number of piperidine rings is 2. The number of amides is 1. The molecular weight excluding hydrogens is 330 g/mol. The van der Waals surface area contributed by atoms with E-state index in [4.69, 9.17) is 4.98 Å². The SMILES string of the molecule is CCCCN1CC2(CCCN(Cc3sc(C)nc3CC)C2)CCC1=O. The molecule has 3 heterocycles. The summed E-state index contributed by atoms with van der Waals surface area (Å²) >= 11 is 1.86. The van der Waals surface area contributed by atoms with Gasteiger partial charge < -0.3 is 4.90 Å².